The maximum atomic E-state index is 12.8. The van der Waals surface area contributed by atoms with Gasteiger partial charge in [0.15, 0.2) is 0 Å². The minimum atomic E-state index is -0.175. The van der Waals surface area contributed by atoms with Gasteiger partial charge in [0.2, 0.25) is 0 Å². The first kappa shape index (κ1) is 12.5. The van der Waals surface area contributed by atoms with Crippen molar-refractivity contribution in [2.45, 2.75) is 26.4 Å². The third-order valence-electron chi connectivity index (χ3n) is 5.50. The first-order valence-electron chi connectivity index (χ1n) is 7.51. The van der Waals surface area contributed by atoms with Gasteiger partial charge in [-0.15, -0.1) is 0 Å². The van der Waals surface area contributed by atoms with Gasteiger partial charge in [0.25, 0.3) is 0 Å². The molecule has 0 N–H and O–H groups in total. The first-order chi connectivity index (χ1) is 9.58. The van der Waals surface area contributed by atoms with Crippen molar-refractivity contribution in [2.75, 3.05) is 26.2 Å². The molecule has 1 aromatic rings. The molecule has 4 aliphatic heterocycles. The number of rotatable bonds is 2. The number of hydrogen-bond donors (Lipinski definition) is 0. The fraction of sp³-hybridized carbons (Fsp3) is 0.625. The summed E-state index contributed by atoms with van der Waals surface area (Å²) in [5, 5.41) is 0. The van der Waals surface area contributed by atoms with Crippen LogP contribution < -0.4 is 0 Å². The van der Waals surface area contributed by atoms with Gasteiger partial charge in [0, 0.05) is 44.1 Å². The van der Waals surface area contributed by atoms with E-state index in [0.717, 1.165) is 32.6 Å². The number of hydrogen-bond acceptors (Lipinski definition) is 4. The molecule has 106 valence electrons. The molecule has 4 aliphatic rings. The Morgan fingerprint density at radius 2 is 2.00 bits per heavy atom. The van der Waals surface area contributed by atoms with E-state index >= 15 is 0 Å². The Morgan fingerprint density at radius 1 is 1.30 bits per heavy atom. The minimum Gasteiger partial charge on any atom is -0.298 e. The van der Waals surface area contributed by atoms with Crippen LogP contribution in [0.3, 0.4) is 0 Å². The van der Waals surface area contributed by atoms with E-state index in [0.29, 0.717) is 11.9 Å². The summed E-state index contributed by atoms with van der Waals surface area (Å²) in [5.41, 5.74) is 0.948. The van der Waals surface area contributed by atoms with Crippen LogP contribution in [0, 0.1) is 10.8 Å². The smallest absolute Gasteiger partial charge is 0.150 e. The molecule has 0 amide bonds. The van der Waals surface area contributed by atoms with Crippen LogP contribution in [0.25, 0.3) is 0 Å². The average Bonchev–Trinajstić information content (AvgIpc) is 2.44. The molecule has 5 rings (SSSR count). The molecule has 4 nitrogen and oxygen atoms in total. The lowest BCUT2D eigenvalue weighted by molar-refractivity contribution is -0.200. The summed E-state index contributed by atoms with van der Waals surface area (Å²) in [7, 11) is 0. The van der Waals surface area contributed by atoms with Crippen LogP contribution in [0.15, 0.2) is 24.5 Å². The molecule has 0 spiro atoms. The van der Waals surface area contributed by atoms with Gasteiger partial charge < -0.3 is 0 Å². The number of piperidine rings is 2. The number of carbonyl (C=O) groups excluding carboxylic acids is 1. The maximum absolute atomic E-state index is 12.8. The normalized spacial score (nSPS) is 45.9. The Balaban J connectivity index is 1.76. The second-order valence-corrected chi connectivity index (χ2v) is 6.99. The standard InChI is InChI=1S/C16H21N3O/c1-3-16-10-18-8-15(2,14(16)20)9-19(11-16)13(18)12-5-4-6-17-7-12/h4-7,13H,3,8-11H2,1-2H3. The lowest BCUT2D eigenvalue weighted by Crippen LogP contribution is -2.75. The Bertz CT molecular complexity index is 540. The molecule has 20 heavy (non-hydrogen) atoms. The van der Waals surface area contributed by atoms with Crippen LogP contribution in [-0.4, -0.2) is 46.7 Å². The molecule has 4 fully saturated rings. The van der Waals surface area contributed by atoms with Gasteiger partial charge in [0.1, 0.15) is 5.78 Å². The monoisotopic (exact) mass is 271 g/mol. The molecule has 2 unspecified atom stereocenters. The van der Waals surface area contributed by atoms with Crippen LogP contribution in [0.2, 0.25) is 0 Å². The highest BCUT2D eigenvalue weighted by Gasteiger charge is 2.63. The molecule has 4 heteroatoms. The molecule has 0 aliphatic carbocycles. The topological polar surface area (TPSA) is 36.4 Å². The van der Waals surface area contributed by atoms with E-state index in [4.69, 9.17) is 0 Å². The number of nitrogens with zero attached hydrogens (tertiary/aromatic N) is 3. The summed E-state index contributed by atoms with van der Waals surface area (Å²) < 4.78 is 0. The second kappa shape index (κ2) is 3.89. The molecule has 5 heterocycles. The number of ketones is 1. The van der Waals surface area contributed by atoms with Crippen molar-refractivity contribution in [1.82, 2.24) is 14.8 Å². The van der Waals surface area contributed by atoms with E-state index in [1.54, 1.807) is 0 Å². The van der Waals surface area contributed by atoms with Gasteiger partial charge in [-0.3, -0.25) is 19.6 Å². The van der Waals surface area contributed by atoms with E-state index in [1.165, 1.54) is 5.56 Å². The molecule has 1 aromatic heterocycles. The third-order valence-corrected chi connectivity index (χ3v) is 5.50. The maximum Gasteiger partial charge on any atom is 0.150 e. The zero-order valence-corrected chi connectivity index (χ0v) is 12.2. The summed E-state index contributed by atoms with van der Waals surface area (Å²) >= 11 is 0. The van der Waals surface area contributed by atoms with Gasteiger partial charge in [-0.25, -0.2) is 0 Å². The number of aromatic nitrogens is 1. The molecule has 4 bridgehead atoms. The molecular formula is C16H21N3O. The zero-order chi connectivity index (χ0) is 14.0. The largest absolute Gasteiger partial charge is 0.298 e. The van der Waals surface area contributed by atoms with Gasteiger partial charge in [-0.05, 0) is 12.5 Å². The van der Waals surface area contributed by atoms with Crippen molar-refractivity contribution < 1.29 is 4.79 Å². The van der Waals surface area contributed by atoms with Gasteiger partial charge >= 0.3 is 0 Å². The van der Waals surface area contributed by atoms with Crippen molar-refractivity contribution in [3.8, 4) is 0 Å². The van der Waals surface area contributed by atoms with Crippen LogP contribution in [0.5, 0.6) is 0 Å². The molecular weight excluding hydrogens is 250 g/mol. The highest BCUT2D eigenvalue weighted by atomic mass is 16.1. The Morgan fingerprint density at radius 3 is 2.55 bits per heavy atom. The summed E-state index contributed by atoms with van der Waals surface area (Å²) in [4.78, 5) is 22.1. The van der Waals surface area contributed by atoms with E-state index in [9.17, 15) is 4.79 Å². The van der Waals surface area contributed by atoms with Gasteiger partial charge in [-0.2, -0.15) is 0 Å². The summed E-state index contributed by atoms with van der Waals surface area (Å²) in [5.74, 6) is 0.504. The van der Waals surface area contributed by atoms with E-state index in [2.05, 4.69) is 34.7 Å². The molecule has 4 saturated heterocycles. The molecule has 0 saturated carbocycles. The highest BCUT2D eigenvalue weighted by molar-refractivity contribution is 5.93. The minimum absolute atomic E-state index is 0.135. The first-order valence-corrected chi connectivity index (χ1v) is 7.51. The fourth-order valence-corrected chi connectivity index (χ4v) is 4.72. The van der Waals surface area contributed by atoms with Crippen molar-refractivity contribution in [1.29, 1.82) is 0 Å². The molecule has 0 radical (unpaired) electrons. The quantitative estimate of drug-likeness (QED) is 0.820. The number of Topliss-reactive ketones (excluding diaryl/α,β-unsaturated/α-hetero) is 1. The summed E-state index contributed by atoms with van der Waals surface area (Å²) in [6.07, 6.45) is 5.05. The number of carbonyl (C=O) groups is 1. The third kappa shape index (κ3) is 1.44. The molecule has 2 atom stereocenters. The fourth-order valence-electron chi connectivity index (χ4n) is 4.72. The van der Waals surface area contributed by atoms with E-state index < -0.39 is 0 Å². The Labute approximate surface area is 119 Å². The van der Waals surface area contributed by atoms with Gasteiger partial charge in [0.05, 0.1) is 17.0 Å². The van der Waals surface area contributed by atoms with Crippen molar-refractivity contribution in [3.63, 3.8) is 0 Å². The van der Waals surface area contributed by atoms with Crippen LogP contribution in [-0.2, 0) is 4.79 Å². The van der Waals surface area contributed by atoms with E-state index in [-0.39, 0.29) is 10.8 Å². The average molecular weight is 271 g/mol. The Kier molecular flexibility index (Phi) is 2.43. The van der Waals surface area contributed by atoms with Crippen molar-refractivity contribution in [2.24, 2.45) is 10.8 Å². The van der Waals surface area contributed by atoms with Crippen molar-refractivity contribution >= 4 is 5.78 Å². The Hall–Kier alpha value is -1.26. The van der Waals surface area contributed by atoms with Crippen molar-refractivity contribution in [3.05, 3.63) is 30.1 Å². The molecule has 0 aromatic carbocycles. The van der Waals surface area contributed by atoms with Crippen LogP contribution in [0.1, 0.15) is 32.0 Å². The van der Waals surface area contributed by atoms with Gasteiger partial charge in [-0.1, -0.05) is 19.9 Å². The lowest BCUT2D eigenvalue weighted by atomic mass is 9.60. The predicted octanol–water partition coefficient (Wildman–Crippen LogP) is 1.70. The predicted molar refractivity (Wildman–Crippen MR) is 76.0 cm³/mol. The second-order valence-electron chi connectivity index (χ2n) is 6.99. The SMILES string of the molecule is CCC12CN3CC(C)(CN(C1)C3c1cccnc1)C2=O. The lowest BCUT2D eigenvalue weighted by Gasteiger charge is -2.65. The zero-order valence-electron chi connectivity index (χ0n) is 12.2. The summed E-state index contributed by atoms with van der Waals surface area (Å²) in [6, 6.07) is 4.16. The van der Waals surface area contributed by atoms with Crippen LogP contribution in [0.4, 0.5) is 0 Å². The van der Waals surface area contributed by atoms with Crippen LogP contribution >= 0.6 is 0 Å². The van der Waals surface area contributed by atoms with E-state index in [1.807, 2.05) is 18.5 Å². The highest BCUT2D eigenvalue weighted by Crippen LogP contribution is 2.53. The number of pyridine rings is 1. The summed E-state index contributed by atoms with van der Waals surface area (Å²) in [6.45, 7) is 7.92.